The molecule has 102 valence electrons. The molecule has 0 aliphatic carbocycles. The second kappa shape index (κ2) is 6.38. The number of hydrogen-bond acceptors (Lipinski definition) is 3. The Morgan fingerprint density at radius 2 is 2.11 bits per heavy atom. The van der Waals surface area contributed by atoms with Gasteiger partial charge < -0.3 is 10.1 Å². The standard InChI is InChI=1S/C15H21N3O/c1-11-5-4-6-14(9-11)19-8-7-16-10-15-12(2)17-18-13(15)3/h4-6,9,16H,7-8,10H2,1-3H3,(H,17,18). The molecule has 0 unspecified atom stereocenters. The lowest BCUT2D eigenvalue weighted by Crippen LogP contribution is -2.21. The smallest absolute Gasteiger partial charge is 0.119 e. The van der Waals surface area contributed by atoms with Gasteiger partial charge in [0.2, 0.25) is 0 Å². The van der Waals surface area contributed by atoms with Crippen LogP contribution < -0.4 is 10.1 Å². The molecule has 0 spiro atoms. The Bertz CT molecular complexity index is 514. The van der Waals surface area contributed by atoms with E-state index in [0.29, 0.717) is 6.61 Å². The predicted molar refractivity (Wildman–Crippen MR) is 76.4 cm³/mol. The van der Waals surface area contributed by atoms with E-state index in [2.05, 4.69) is 28.5 Å². The molecule has 19 heavy (non-hydrogen) atoms. The molecule has 0 atom stereocenters. The Morgan fingerprint density at radius 3 is 2.79 bits per heavy atom. The van der Waals surface area contributed by atoms with Crippen LogP contribution in [0.15, 0.2) is 24.3 Å². The molecule has 0 amide bonds. The van der Waals surface area contributed by atoms with E-state index < -0.39 is 0 Å². The molecule has 0 bridgehead atoms. The van der Waals surface area contributed by atoms with Gasteiger partial charge in [0.25, 0.3) is 0 Å². The highest BCUT2D eigenvalue weighted by Crippen LogP contribution is 2.12. The van der Waals surface area contributed by atoms with Gasteiger partial charge >= 0.3 is 0 Å². The molecule has 2 aromatic rings. The molecule has 1 heterocycles. The molecule has 2 rings (SSSR count). The number of hydrogen-bond donors (Lipinski definition) is 2. The van der Waals surface area contributed by atoms with E-state index in [0.717, 1.165) is 30.2 Å². The maximum absolute atomic E-state index is 5.68. The predicted octanol–water partition coefficient (Wildman–Crippen LogP) is 2.50. The van der Waals surface area contributed by atoms with Gasteiger partial charge in [0.1, 0.15) is 12.4 Å². The van der Waals surface area contributed by atoms with Gasteiger partial charge in [0, 0.05) is 24.3 Å². The van der Waals surface area contributed by atoms with Gasteiger partial charge in [-0.2, -0.15) is 5.10 Å². The van der Waals surface area contributed by atoms with Gasteiger partial charge in [0.15, 0.2) is 0 Å². The average Bonchev–Trinajstić information content (AvgIpc) is 2.70. The highest BCUT2D eigenvalue weighted by Gasteiger charge is 2.04. The number of ether oxygens (including phenoxy) is 1. The molecule has 0 radical (unpaired) electrons. The minimum Gasteiger partial charge on any atom is -0.492 e. The van der Waals surface area contributed by atoms with Crippen molar-refractivity contribution < 1.29 is 4.74 Å². The molecule has 0 aliphatic heterocycles. The fraction of sp³-hybridized carbons (Fsp3) is 0.400. The van der Waals surface area contributed by atoms with Gasteiger partial charge in [-0.15, -0.1) is 0 Å². The van der Waals surface area contributed by atoms with Crippen LogP contribution in [-0.2, 0) is 6.54 Å². The molecular formula is C15H21N3O. The first-order valence-corrected chi connectivity index (χ1v) is 6.57. The Hall–Kier alpha value is -1.81. The third-order valence-corrected chi connectivity index (χ3v) is 3.12. The molecule has 0 aliphatic rings. The largest absolute Gasteiger partial charge is 0.492 e. The Labute approximate surface area is 114 Å². The van der Waals surface area contributed by atoms with Gasteiger partial charge in [-0.25, -0.2) is 0 Å². The lowest BCUT2D eigenvalue weighted by atomic mass is 10.2. The van der Waals surface area contributed by atoms with Crippen molar-refractivity contribution in [2.75, 3.05) is 13.2 Å². The van der Waals surface area contributed by atoms with Crippen molar-refractivity contribution in [3.63, 3.8) is 0 Å². The Balaban J connectivity index is 1.70. The summed E-state index contributed by atoms with van der Waals surface area (Å²) >= 11 is 0. The first-order valence-electron chi connectivity index (χ1n) is 6.57. The first-order chi connectivity index (χ1) is 9.16. The molecule has 1 aromatic carbocycles. The van der Waals surface area contributed by atoms with Crippen LogP contribution >= 0.6 is 0 Å². The number of aromatic amines is 1. The summed E-state index contributed by atoms with van der Waals surface area (Å²) in [6.07, 6.45) is 0. The summed E-state index contributed by atoms with van der Waals surface area (Å²) < 4.78 is 5.68. The van der Waals surface area contributed by atoms with Crippen molar-refractivity contribution >= 4 is 0 Å². The molecule has 4 nitrogen and oxygen atoms in total. The van der Waals surface area contributed by atoms with Crippen LogP contribution in [-0.4, -0.2) is 23.3 Å². The maximum Gasteiger partial charge on any atom is 0.119 e. The summed E-state index contributed by atoms with van der Waals surface area (Å²) in [5, 5.41) is 10.5. The molecule has 0 saturated heterocycles. The van der Waals surface area contributed by atoms with Crippen molar-refractivity contribution in [3.05, 3.63) is 46.8 Å². The van der Waals surface area contributed by atoms with E-state index in [1.54, 1.807) is 0 Å². The van der Waals surface area contributed by atoms with Gasteiger partial charge in [-0.3, -0.25) is 5.10 Å². The molecule has 0 saturated carbocycles. The van der Waals surface area contributed by atoms with Crippen molar-refractivity contribution in [1.29, 1.82) is 0 Å². The quantitative estimate of drug-likeness (QED) is 0.784. The lowest BCUT2D eigenvalue weighted by Gasteiger charge is -2.08. The zero-order valence-corrected chi connectivity index (χ0v) is 11.8. The van der Waals surface area contributed by atoms with Crippen LogP contribution in [0.5, 0.6) is 5.75 Å². The lowest BCUT2D eigenvalue weighted by molar-refractivity contribution is 0.313. The normalized spacial score (nSPS) is 10.7. The number of H-pyrrole nitrogens is 1. The van der Waals surface area contributed by atoms with Crippen molar-refractivity contribution in [1.82, 2.24) is 15.5 Å². The topological polar surface area (TPSA) is 49.9 Å². The summed E-state index contributed by atoms with van der Waals surface area (Å²) in [6, 6.07) is 8.10. The van der Waals surface area contributed by atoms with E-state index in [1.165, 1.54) is 11.1 Å². The van der Waals surface area contributed by atoms with Gasteiger partial charge in [-0.1, -0.05) is 12.1 Å². The van der Waals surface area contributed by atoms with Crippen LogP contribution in [0.3, 0.4) is 0 Å². The Kier molecular flexibility index (Phi) is 4.58. The molecule has 0 fully saturated rings. The van der Waals surface area contributed by atoms with Crippen LogP contribution in [0, 0.1) is 20.8 Å². The second-order valence-electron chi connectivity index (χ2n) is 4.75. The fourth-order valence-electron chi connectivity index (χ4n) is 1.99. The number of benzene rings is 1. The Morgan fingerprint density at radius 1 is 1.26 bits per heavy atom. The van der Waals surface area contributed by atoms with Crippen molar-refractivity contribution in [2.24, 2.45) is 0 Å². The van der Waals surface area contributed by atoms with Crippen molar-refractivity contribution in [2.45, 2.75) is 27.3 Å². The summed E-state index contributed by atoms with van der Waals surface area (Å²) in [7, 11) is 0. The summed E-state index contributed by atoms with van der Waals surface area (Å²) in [5.74, 6) is 0.928. The highest BCUT2D eigenvalue weighted by atomic mass is 16.5. The summed E-state index contributed by atoms with van der Waals surface area (Å²) in [4.78, 5) is 0. The zero-order valence-electron chi connectivity index (χ0n) is 11.8. The van der Waals surface area contributed by atoms with E-state index in [1.807, 2.05) is 32.0 Å². The van der Waals surface area contributed by atoms with Crippen molar-refractivity contribution in [3.8, 4) is 5.75 Å². The van der Waals surface area contributed by atoms with Crippen LogP contribution in [0.4, 0.5) is 0 Å². The average molecular weight is 259 g/mol. The van der Waals surface area contributed by atoms with Crippen LogP contribution in [0.25, 0.3) is 0 Å². The number of nitrogens with zero attached hydrogens (tertiary/aromatic N) is 1. The van der Waals surface area contributed by atoms with Gasteiger partial charge in [0.05, 0.1) is 5.69 Å². The highest BCUT2D eigenvalue weighted by molar-refractivity contribution is 5.27. The first kappa shape index (κ1) is 13.6. The van der Waals surface area contributed by atoms with E-state index in [9.17, 15) is 0 Å². The molecular weight excluding hydrogens is 238 g/mol. The van der Waals surface area contributed by atoms with E-state index in [-0.39, 0.29) is 0 Å². The SMILES string of the molecule is Cc1cccc(OCCNCc2c(C)n[nH]c2C)c1. The minimum absolute atomic E-state index is 0.666. The fourth-order valence-corrected chi connectivity index (χ4v) is 1.99. The minimum atomic E-state index is 0.666. The summed E-state index contributed by atoms with van der Waals surface area (Å²) in [5.41, 5.74) is 4.65. The number of aryl methyl sites for hydroxylation is 3. The number of nitrogens with one attached hydrogen (secondary N) is 2. The number of rotatable bonds is 6. The summed E-state index contributed by atoms with van der Waals surface area (Å²) in [6.45, 7) is 8.43. The monoisotopic (exact) mass is 259 g/mol. The second-order valence-corrected chi connectivity index (χ2v) is 4.75. The zero-order chi connectivity index (χ0) is 13.7. The van der Waals surface area contributed by atoms with E-state index >= 15 is 0 Å². The number of aromatic nitrogens is 2. The van der Waals surface area contributed by atoms with Crippen LogP contribution in [0.2, 0.25) is 0 Å². The van der Waals surface area contributed by atoms with Crippen LogP contribution in [0.1, 0.15) is 22.5 Å². The van der Waals surface area contributed by atoms with E-state index in [4.69, 9.17) is 4.74 Å². The molecule has 4 heteroatoms. The molecule has 1 aromatic heterocycles. The third-order valence-electron chi connectivity index (χ3n) is 3.12. The maximum atomic E-state index is 5.68. The van der Waals surface area contributed by atoms with Gasteiger partial charge in [-0.05, 0) is 38.5 Å². The third kappa shape index (κ3) is 3.83. The molecule has 2 N–H and O–H groups in total.